The van der Waals surface area contributed by atoms with E-state index in [1.54, 1.807) is 11.3 Å². The minimum Gasteiger partial charge on any atom is -0.326 e. The van der Waals surface area contributed by atoms with Crippen LogP contribution in [-0.2, 0) is 6.54 Å². The first kappa shape index (κ1) is 14.2. The molecule has 0 radical (unpaired) electrons. The van der Waals surface area contributed by atoms with Crippen molar-refractivity contribution in [3.63, 3.8) is 0 Å². The number of pyridine rings is 1. The van der Waals surface area contributed by atoms with Crippen LogP contribution in [0.25, 0.3) is 0 Å². The Morgan fingerprint density at radius 3 is 2.53 bits per heavy atom. The molecule has 2 atom stereocenters. The maximum atomic E-state index is 6.20. The van der Waals surface area contributed by atoms with Gasteiger partial charge in [0, 0.05) is 29.9 Å². The molecule has 4 heteroatoms. The lowest BCUT2D eigenvalue weighted by atomic mass is 10.0. The van der Waals surface area contributed by atoms with Crippen LogP contribution in [0.4, 0.5) is 0 Å². The van der Waals surface area contributed by atoms with Gasteiger partial charge in [0.2, 0.25) is 0 Å². The van der Waals surface area contributed by atoms with Gasteiger partial charge in [-0.2, -0.15) is 0 Å². The van der Waals surface area contributed by atoms with Crippen molar-refractivity contribution in [2.24, 2.45) is 5.73 Å². The molecule has 0 spiro atoms. The Morgan fingerprint density at radius 1 is 1.32 bits per heavy atom. The molecule has 0 aliphatic carbocycles. The van der Waals surface area contributed by atoms with Gasteiger partial charge in [-0.1, -0.05) is 0 Å². The van der Waals surface area contributed by atoms with Crippen LogP contribution in [0.1, 0.15) is 29.0 Å². The third-order valence-corrected chi connectivity index (χ3v) is 4.41. The van der Waals surface area contributed by atoms with E-state index in [-0.39, 0.29) is 12.1 Å². The SMILES string of the molecule is Cc1ccsc1C(C(C)N)N(C)Cc1ccncc1. The number of likely N-dealkylation sites (N-methyl/N-ethyl adjacent to an activating group) is 1. The zero-order chi connectivity index (χ0) is 13.8. The molecule has 2 unspecified atom stereocenters. The third kappa shape index (κ3) is 3.41. The Kier molecular flexibility index (Phi) is 4.69. The van der Waals surface area contributed by atoms with Crippen LogP contribution in [0.3, 0.4) is 0 Å². The summed E-state index contributed by atoms with van der Waals surface area (Å²) in [5, 5.41) is 2.14. The maximum Gasteiger partial charge on any atom is 0.0593 e. The van der Waals surface area contributed by atoms with Gasteiger partial charge in [-0.05, 0) is 55.6 Å². The predicted octanol–water partition coefficient (Wildman–Crippen LogP) is 2.97. The van der Waals surface area contributed by atoms with Crippen LogP contribution in [0.15, 0.2) is 36.0 Å². The van der Waals surface area contributed by atoms with Crippen molar-refractivity contribution in [2.75, 3.05) is 7.05 Å². The fraction of sp³-hybridized carbons (Fsp3) is 0.400. The van der Waals surface area contributed by atoms with E-state index in [1.165, 1.54) is 16.0 Å². The molecule has 2 heterocycles. The first-order valence-corrected chi connectivity index (χ1v) is 7.36. The molecule has 0 saturated heterocycles. The van der Waals surface area contributed by atoms with Gasteiger partial charge >= 0.3 is 0 Å². The second-order valence-corrected chi connectivity index (χ2v) is 5.99. The average Bonchev–Trinajstić information content (AvgIpc) is 2.77. The number of aryl methyl sites for hydroxylation is 1. The van der Waals surface area contributed by atoms with E-state index < -0.39 is 0 Å². The molecule has 0 aromatic carbocycles. The summed E-state index contributed by atoms with van der Waals surface area (Å²) < 4.78 is 0. The van der Waals surface area contributed by atoms with Crippen molar-refractivity contribution in [3.05, 3.63) is 52.0 Å². The Hall–Kier alpha value is -1.23. The van der Waals surface area contributed by atoms with Gasteiger partial charge in [-0.3, -0.25) is 9.88 Å². The highest BCUT2D eigenvalue weighted by Gasteiger charge is 2.23. The summed E-state index contributed by atoms with van der Waals surface area (Å²) in [6, 6.07) is 6.62. The number of rotatable bonds is 5. The van der Waals surface area contributed by atoms with E-state index in [0.717, 1.165) is 6.54 Å². The molecule has 0 fully saturated rings. The highest BCUT2D eigenvalue weighted by Crippen LogP contribution is 2.30. The molecule has 0 aliphatic heterocycles. The normalized spacial score (nSPS) is 14.6. The van der Waals surface area contributed by atoms with Crippen LogP contribution in [0.5, 0.6) is 0 Å². The van der Waals surface area contributed by atoms with Crippen LogP contribution >= 0.6 is 11.3 Å². The zero-order valence-corrected chi connectivity index (χ0v) is 12.5. The van der Waals surface area contributed by atoms with Gasteiger partial charge in [-0.25, -0.2) is 0 Å². The van der Waals surface area contributed by atoms with E-state index in [9.17, 15) is 0 Å². The predicted molar refractivity (Wildman–Crippen MR) is 81.2 cm³/mol. The molecule has 102 valence electrons. The Morgan fingerprint density at radius 2 is 2.00 bits per heavy atom. The monoisotopic (exact) mass is 275 g/mol. The number of hydrogen-bond acceptors (Lipinski definition) is 4. The van der Waals surface area contributed by atoms with Gasteiger partial charge in [0.15, 0.2) is 0 Å². The lowest BCUT2D eigenvalue weighted by Crippen LogP contribution is -2.36. The minimum absolute atomic E-state index is 0.101. The molecule has 0 saturated carbocycles. The van der Waals surface area contributed by atoms with Crippen molar-refractivity contribution in [3.8, 4) is 0 Å². The zero-order valence-electron chi connectivity index (χ0n) is 11.7. The molecule has 2 aromatic heterocycles. The fourth-order valence-electron chi connectivity index (χ4n) is 2.40. The molecule has 2 rings (SSSR count). The first-order chi connectivity index (χ1) is 9.09. The second kappa shape index (κ2) is 6.28. The van der Waals surface area contributed by atoms with Gasteiger partial charge < -0.3 is 5.73 Å². The van der Waals surface area contributed by atoms with Crippen LogP contribution in [0, 0.1) is 6.92 Å². The number of thiophene rings is 1. The summed E-state index contributed by atoms with van der Waals surface area (Å²) >= 11 is 1.79. The molecule has 2 aromatic rings. The van der Waals surface area contributed by atoms with Crippen molar-refractivity contribution >= 4 is 11.3 Å². The number of nitrogens with zero attached hydrogens (tertiary/aromatic N) is 2. The molecule has 19 heavy (non-hydrogen) atoms. The summed E-state index contributed by atoms with van der Waals surface area (Å²) in [6.45, 7) is 5.11. The average molecular weight is 275 g/mol. The van der Waals surface area contributed by atoms with Crippen LogP contribution in [-0.4, -0.2) is 23.0 Å². The van der Waals surface area contributed by atoms with E-state index in [0.29, 0.717) is 0 Å². The van der Waals surface area contributed by atoms with Crippen molar-refractivity contribution < 1.29 is 0 Å². The Labute approximate surface area is 119 Å². The molecule has 0 aliphatic rings. The highest BCUT2D eigenvalue weighted by molar-refractivity contribution is 7.10. The number of hydrogen-bond donors (Lipinski definition) is 1. The summed E-state index contributed by atoms with van der Waals surface area (Å²) in [7, 11) is 2.13. The highest BCUT2D eigenvalue weighted by atomic mass is 32.1. The lowest BCUT2D eigenvalue weighted by Gasteiger charge is -2.31. The summed E-state index contributed by atoms with van der Waals surface area (Å²) in [4.78, 5) is 7.74. The quantitative estimate of drug-likeness (QED) is 0.912. The summed E-state index contributed by atoms with van der Waals surface area (Å²) in [5.74, 6) is 0. The number of nitrogens with two attached hydrogens (primary N) is 1. The van der Waals surface area contributed by atoms with E-state index in [2.05, 4.69) is 54.4 Å². The van der Waals surface area contributed by atoms with Gasteiger partial charge in [0.05, 0.1) is 6.04 Å². The van der Waals surface area contributed by atoms with E-state index in [4.69, 9.17) is 5.73 Å². The molecular weight excluding hydrogens is 254 g/mol. The Balaban J connectivity index is 2.18. The van der Waals surface area contributed by atoms with E-state index in [1.807, 2.05) is 12.4 Å². The Bertz CT molecular complexity index is 507. The third-order valence-electron chi connectivity index (χ3n) is 3.32. The number of aromatic nitrogens is 1. The van der Waals surface area contributed by atoms with E-state index >= 15 is 0 Å². The van der Waals surface area contributed by atoms with Crippen LogP contribution in [0.2, 0.25) is 0 Å². The second-order valence-electron chi connectivity index (χ2n) is 5.04. The van der Waals surface area contributed by atoms with Crippen molar-refractivity contribution in [1.82, 2.24) is 9.88 Å². The van der Waals surface area contributed by atoms with Gasteiger partial charge in [0.1, 0.15) is 0 Å². The van der Waals surface area contributed by atoms with Crippen molar-refractivity contribution in [1.29, 1.82) is 0 Å². The smallest absolute Gasteiger partial charge is 0.0593 e. The topological polar surface area (TPSA) is 42.1 Å². The molecule has 3 nitrogen and oxygen atoms in total. The van der Waals surface area contributed by atoms with Crippen molar-refractivity contribution in [2.45, 2.75) is 32.5 Å². The fourth-order valence-corrected chi connectivity index (χ4v) is 3.61. The standard InChI is InChI=1S/C15H21N3S/c1-11-6-9-19-15(11)14(12(2)16)18(3)10-13-4-7-17-8-5-13/h4-9,12,14H,10,16H2,1-3H3. The first-order valence-electron chi connectivity index (χ1n) is 6.48. The van der Waals surface area contributed by atoms with Gasteiger partial charge in [-0.15, -0.1) is 11.3 Å². The maximum absolute atomic E-state index is 6.20. The minimum atomic E-state index is 0.101. The van der Waals surface area contributed by atoms with Crippen LogP contribution < -0.4 is 5.73 Å². The molecule has 0 bridgehead atoms. The molecule has 2 N–H and O–H groups in total. The molecule has 0 amide bonds. The molecular formula is C15H21N3S. The largest absolute Gasteiger partial charge is 0.326 e. The summed E-state index contributed by atoms with van der Waals surface area (Å²) in [5.41, 5.74) is 8.79. The lowest BCUT2D eigenvalue weighted by molar-refractivity contribution is 0.213. The summed E-state index contributed by atoms with van der Waals surface area (Å²) in [6.07, 6.45) is 3.67. The van der Waals surface area contributed by atoms with Gasteiger partial charge in [0.25, 0.3) is 0 Å².